The molecule has 1 aliphatic rings. The van der Waals surface area contributed by atoms with Crippen LogP contribution in [0.4, 0.5) is 10.5 Å². The van der Waals surface area contributed by atoms with Crippen molar-refractivity contribution >= 4 is 34.9 Å². The molecule has 6 heteroatoms. The number of hydrogen-bond donors (Lipinski definition) is 1. The van der Waals surface area contributed by atoms with Crippen molar-refractivity contribution in [1.82, 2.24) is 9.80 Å². The average molecular weight is 364 g/mol. The predicted octanol–water partition coefficient (Wildman–Crippen LogP) is 4.34. The Balaban J connectivity index is 1.52. The summed E-state index contributed by atoms with van der Waals surface area (Å²) in [6.07, 6.45) is 0. The fourth-order valence-corrected chi connectivity index (χ4v) is 3.09. The van der Waals surface area contributed by atoms with Crippen LogP contribution in [-0.2, 0) is 6.54 Å². The summed E-state index contributed by atoms with van der Waals surface area (Å²) in [4.78, 5) is 16.5. The molecule has 0 aliphatic carbocycles. The number of nitrogens with zero attached hydrogens (tertiary/aromatic N) is 2. The number of piperazine rings is 1. The number of carbonyl (C=O) groups excluding carboxylic acids is 1. The zero-order valence-corrected chi connectivity index (χ0v) is 14.7. The molecule has 1 N–H and O–H groups in total. The summed E-state index contributed by atoms with van der Waals surface area (Å²) < 4.78 is 0. The first-order valence-electron chi connectivity index (χ1n) is 7.90. The van der Waals surface area contributed by atoms with Gasteiger partial charge in [0.1, 0.15) is 0 Å². The van der Waals surface area contributed by atoms with E-state index in [1.807, 2.05) is 18.2 Å². The molecule has 1 fully saturated rings. The van der Waals surface area contributed by atoms with Crippen LogP contribution in [0.5, 0.6) is 0 Å². The molecule has 4 nitrogen and oxygen atoms in total. The molecule has 24 heavy (non-hydrogen) atoms. The first-order valence-corrected chi connectivity index (χ1v) is 8.65. The maximum Gasteiger partial charge on any atom is 0.321 e. The van der Waals surface area contributed by atoms with Gasteiger partial charge in [-0.1, -0.05) is 59.6 Å². The highest BCUT2D eigenvalue weighted by molar-refractivity contribution is 6.43. The number of halogens is 2. The molecule has 0 atom stereocenters. The smallest absolute Gasteiger partial charge is 0.321 e. The molecular formula is C18H19Cl2N3O. The fraction of sp³-hybridized carbons (Fsp3) is 0.278. The molecule has 0 aromatic heterocycles. The highest BCUT2D eigenvalue weighted by Gasteiger charge is 2.21. The van der Waals surface area contributed by atoms with Crippen LogP contribution in [0.25, 0.3) is 0 Å². The molecule has 1 heterocycles. The van der Waals surface area contributed by atoms with E-state index < -0.39 is 0 Å². The van der Waals surface area contributed by atoms with Gasteiger partial charge in [-0.05, 0) is 17.7 Å². The minimum absolute atomic E-state index is 0.140. The van der Waals surface area contributed by atoms with E-state index in [0.29, 0.717) is 28.8 Å². The van der Waals surface area contributed by atoms with Crippen molar-refractivity contribution in [2.75, 3.05) is 31.5 Å². The van der Waals surface area contributed by atoms with Gasteiger partial charge in [-0.25, -0.2) is 4.79 Å². The van der Waals surface area contributed by atoms with Crippen molar-refractivity contribution in [2.24, 2.45) is 0 Å². The monoisotopic (exact) mass is 363 g/mol. The molecular weight excluding hydrogens is 345 g/mol. The lowest BCUT2D eigenvalue weighted by molar-refractivity contribution is 0.143. The third kappa shape index (κ3) is 4.20. The Morgan fingerprint density at radius 3 is 2.38 bits per heavy atom. The second-order valence-electron chi connectivity index (χ2n) is 5.78. The van der Waals surface area contributed by atoms with E-state index in [9.17, 15) is 4.79 Å². The third-order valence-electron chi connectivity index (χ3n) is 4.10. The van der Waals surface area contributed by atoms with Crippen LogP contribution in [0.15, 0.2) is 48.5 Å². The highest BCUT2D eigenvalue weighted by Crippen LogP contribution is 2.29. The van der Waals surface area contributed by atoms with Gasteiger partial charge in [-0.3, -0.25) is 4.90 Å². The summed E-state index contributed by atoms with van der Waals surface area (Å²) in [6.45, 7) is 4.00. The van der Waals surface area contributed by atoms with Gasteiger partial charge >= 0.3 is 6.03 Å². The summed E-state index contributed by atoms with van der Waals surface area (Å²) in [6, 6.07) is 15.4. The lowest BCUT2D eigenvalue weighted by atomic mass is 10.2. The number of carbonyl (C=O) groups is 1. The van der Waals surface area contributed by atoms with Gasteiger partial charge in [0.2, 0.25) is 0 Å². The maximum absolute atomic E-state index is 12.4. The summed E-state index contributed by atoms with van der Waals surface area (Å²) in [5.74, 6) is 0. The molecule has 1 aliphatic heterocycles. The second kappa shape index (κ2) is 7.88. The number of hydrogen-bond acceptors (Lipinski definition) is 2. The van der Waals surface area contributed by atoms with Crippen LogP contribution in [0.1, 0.15) is 5.56 Å². The van der Waals surface area contributed by atoms with E-state index in [2.05, 4.69) is 22.3 Å². The van der Waals surface area contributed by atoms with Gasteiger partial charge in [0.25, 0.3) is 0 Å². The van der Waals surface area contributed by atoms with Crippen molar-refractivity contribution in [1.29, 1.82) is 0 Å². The van der Waals surface area contributed by atoms with Crippen molar-refractivity contribution in [3.8, 4) is 0 Å². The van der Waals surface area contributed by atoms with Gasteiger partial charge < -0.3 is 10.2 Å². The topological polar surface area (TPSA) is 35.6 Å². The van der Waals surface area contributed by atoms with E-state index in [4.69, 9.17) is 23.2 Å². The lowest BCUT2D eigenvalue weighted by Crippen LogP contribution is -2.49. The largest absolute Gasteiger partial charge is 0.322 e. The Bertz CT molecular complexity index is 701. The molecule has 0 bridgehead atoms. The molecule has 2 aromatic rings. The first-order chi connectivity index (χ1) is 11.6. The zero-order valence-electron chi connectivity index (χ0n) is 13.2. The van der Waals surface area contributed by atoms with E-state index >= 15 is 0 Å². The van der Waals surface area contributed by atoms with Gasteiger partial charge in [0.05, 0.1) is 15.7 Å². The van der Waals surface area contributed by atoms with Crippen molar-refractivity contribution in [3.63, 3.8) is 0 Å². The first kappa shape index (κ1) is 17.1. The SMILES string of the molecule is O=C(Nc1cccc(Cl)c1Cl)N1CCN(Cc2ccccc2)CC1. The average Bonchev–Trinajstić information content (AvgIpc) is 2.60. The van der Waals surface area contributed by atoms with Gasteiger partial charge in [-0.15, -0.1) is 0 Å². The number of amides is 2. The lowest BCUT2D eigenvalue weighted by Gasteiger charge is -2.34. The maximum atomic E-state index is 12.4. The number of benzene rings is 2. The van der Waals surface area contributed by atoms with Gasteiger partial charge in [0.15, 0.2) is 0 Å². The quantitative estimate of drug-likeness (QED) is 0.879. The molecule has 0 radical (unpaired) electrons. The summed E-state index contributed by atoms with van der Waals surface area (Å²) >= 11 is 12.1. The molecule has 0 spiro atoms. The number of urea groups is 1. The van der Waals surface area contributed by atoms with E-state index in [1.165, 1.54) is 5.56 Å². The predicted molar refractivity (Wildman–Crippen MR) is 98.8 cm³/mol. The van der Waals surface area contributed by atoms with Crippen molar-refractivity contribution in [3.05, 3.63) is 64.1 Å². The third-order valence-corrected chi connectivity index (χ3v) is 4.92. The molecule has 1 saturated heterocycles. The van der Waals surface area contributed by atoms with Crippen LogP contribution in [0, 0.1) is 0 Å². The number of nitrogens with one attached hydrogen (secondary N) is 1. The van der Waals surface area contributed by atoms with Crippen molar-refractivity contribution in [2.45, 2.75) is 6.54 Å². The minimum Gasteiger partial charge on any atom is -0.322 e. The number of anilines is 1. The Hall–Kier alpha value is -1.75. The van der Waals surface area contributed by atoms with Crippen LogP contribution >= 0.6 is 23.2 Å². The summed E-state index contributed by atoms with van der Waals surface area (Å²) in [5, 5.41) is 3.64. The molecule has 0 saturated carbocycles. The molecule has 126 valence electrons. The van der Waals surface area contributed by atoms with Crippen LogP contribution in [0.2, 0.25) is 10.0 Å². The normalized spacial score (nSPS) is 15.3. The summed E-state index contributed by atoms with van der Waals surface area (Å²) in [7, 11) is 0. The number of rotatable bonds is 3. The van der Waals surface area contributed by atoms with Crippen molar-refractivity contribution < 1.29 is 4.79 Å². The minimum atomic E-state index is -0.140. The fourth-order valence-electron chi connectivity index (χ4n) is 2.75. The van der Waals surface area contributed by atoms with Gasteiger partial charge in [-0.2, -0.15) is 0 Å². The molecule has 0 unspecified atom stereocenters. The Kier molecular flexibility index (Phi) is 5.61. The van der Waals surface area contributed by atoms with E-state index in [-0.39, 0.29) is 6.03 Å². The Morgan fingerprint density at radius 1 is 0.958 bits per heavy atom. The Labute approximate surface area is 152 Å². The second-order valence-corrected chi connectivity index (χ2v) is 6.57. The molecule has 2 amide bonds. The van der Waals surface area contributed by atoms with Crippen LogP contribution in [-0.4, -0.2) is 42.0 Å². The van der Waals surface area contributed by atoms with Crippen LogP contribution < -0.4 is 5.32 Å². The summed E-state index contributed by atoms with van der Waals surface area (Å²) in [5.41, 5.74) is 1.84. The van der Waals surface area contributed by atoms with Crippen LogP contribution in [0.3, 0.4) is 0 Å². The van der Waals surface area contributed by atoms with Gasteiger partial charge in [0, 0.05) is 32.7 Å². The zero-order chi connectivity index (χ0) is 16.9. The van der Waals surface area contributed by atoms with E-state index in [0.717, 1.165) is 19.6 Å². The Morgan fingerprint density at radius 2 is 1.67 bits per heavy atom. The molecule has 2 aromatic carbocycles. The highest BCUT2D eigenvalue weighted by atomic mass is 35.5. The standard InChI is InChI=1S/C18H19Cl2N3O/c19-15-7-4-8-16(17(15)20)21-18(24)23-11-9-22(10-12-23)13-14-5-2-1-3-6-14/h1-8H,9-13H2,(H,21,24). The molecule has 3 rings (SSSR count). The van der Waals surface area contributed by atoms with E-state index in [1.54, 1.807) is 23.1 Å².